The summed E-state index contributed by atoms with van der Waals surface area (Å²) in [4.78, 5) is 17.8. The van der Waals surface area contributed by atoms with E-state index in [4.69, 9.17) is 9.05 Å². The summed E-state index contributed by atoms with van der Waals surface area (Å²) in [5.41, 5.74) is 0.858. The van der Waals surface area contributed by atoms with Gasteiger partial charge in [0.05, 0.1) is 19.4 Å². The molecule has 0 aromatic carbocycles. The highest BCUT2D eigenvalue weighted by Gasteiger charge is 2.23. The Kier molecular flexibility index (Phi) is 10.6. The smallest absolute Gasteiger partial charge is 0.309 e. The zero-order chi connectivity index (χ0) is 20.1. The van der Waals surface area contributed by atoms with E-state index in [0.717, 1.165) is 5.56 Å². The third kappa shape index (κ3) is 9.47. The van der Waals surface area contributed by atoms with E-state index < -0.39 is 7.60 Å². The summed E-state index contributed by atoms with van der Waals surface area (Å²) < 4.78 is 24.7. The number of rotatable bonds is 9. The predicted octanol–water partition coefficient (Wildman–Crippen LogP) is 3.08. The molecule has 0 unspecified atom stereocenters. The molecule has 0 atom stereocenters. The summed E-state index contributed by atoms with van der Waals surface area (Å²) in [6.45, 7) is 8.08. The Morgan fingerprint density at radius 2 is 1.74 bits per heavy atom. The number of ketones is 1. The largest absolute Gasteiger partial charge is 0.330 e. The molecule has 9 heteroatoms. The molecule has 0 amide bonds. The summed E-state index contributed by atoms with van der Waals surface area (Å²) >= 11 is 0. The number of aromatic nitrogens is 4. The van der Waals surface area contributed by atoms with Crippen LogP contribution in [0.2, 0.25) is 0 Å². The van der Waals surface area contributed by atoms with Gasteiger partial charge in [0.1, 0.15) is 12.0 Å². The van der Waals surface area contributed by atoms with Crippen LogP contribution in [0.15, 0.2) is 36.9 Å². The molecule has 0 bridgehead atoms. The van der Waals surface area contributed by atoms with Crippen LogP contribution in [0.4, 0.5) is 0 Å². The molecular formula is C18H28N4O4P+. The van der Waals surface area contributed by atoms with Crippen LogP contribution in [0.1, 0.15) is 34.1 Å². The highest BCUT2D eigenvalue weighted by Crippen LogP contribution is 2.48. The average molecular weight is 395 g/mol. The molecule has 0 aliphatic carbocycles. The SMILES string of the molecule is CC(C)=O.CCOP(=O)(CCC[n+]1ccc(-c2ncccn2)cn1)OCC. The Bertz CT molecular complexity index is 712. The molecule has 0 radical (unpaired) electrons. The maximum Gasteiger partial charge on any atom is 0.330 e. The Labute approximate surface area is 160 Å². The van der Waals surface area contributed by atoms with E-state index in [-0.39, 0.29) is 5.78 Å². The summed E-state index contributed by atoms with van der Waals surface area (Å²) in [6.07, 6.45) is 8.02. The number of hydrogen-bond donors (Lipinski definition) is 0. The number of aryl methyl sites for hydroxylation is 1. The molecule has 0 aliphatic heterocycles. The molecule has 2 aromatic heterocycles. The molecule has 0 N–H and O–H groups in total. The number of nitrogens with zero attached hydrogens (tertiary/aromatic N) is 4. The molecule has 0 fully saturated rings. The first-order chi connectivity index (χ1) is 12.9. The van der Waals surface area contributed by atoms with E-state index >= 15 is 0 Å². The fourth-order valence-corrected chi connectivity index (χ4v) is 3.73. The zero-order valence-corrected chi connectivity index (χ0v) is 17.3. The van der Waals surface area contributed by atoms with E-state index in [2.05, 4.69) is 15.1 Å². The lowest BCUT2D eigenvalue weighted by molar-refractivity contribution is -0.753. The van der Waals surface area contributed by atoms with Crippen LogP contribution in [-0.4, -0.2) is 40.2 Å². The standard InChI is InChI=1S/C15H22N4O3P.C3H6O/c1-3-21-23(20,22-4-2)12-6-10-19-11-7-14(13-18-19)15-16-8-5-9-17-15;1-3(2)4/h5,7-9,11,13H,3-4,6,10,12H2,1-2H3;1-2H3/q+1;. The van der Waals surface area contributed by atoms with E-state index in [0.29, 0.717) is 38.2 Å². The fraction of sp³-hybridized carbons (Fsp3) is 0.500. The lowest BCUT2D eigenvalue weighted by Gasteiger charge is -2.15. The first-order valence-electron chi connectivity index (χ1n) is 8.88. The van der Waals surface area contributed by atoms with Crippen LogP contribution >= 0.6 is 7.60 Å². The topological polar surface area (TPSA) is 95.2 Å². The zero-order valence-electron chi connectivity index (χ0n) is 16.4. The van der Waals surface area contributed by atoms with Gasteiger partial charge >= 0.3 is 7.60 Å². The molecule has 0 saturated heterocycles. The highest BCUT2D eigenvalue weighted by molar-refractivity contribution is 7.53. The molecule has 8 nitrogen and oxygen atoms in total. The van der Waals surface area contributed by atoms with Gasteiger partial charge in [-0.15, -0.1) is 0 Å². The van der Waals surface area contributed by atoms with Crippen LogP contribution in [0.25, 0.3) is 11.4 Å². The third-order valence-corrected chi connectivity index (χ3v) is 5.23. The maximum absolute atomic E-state index is 12.4. The van der Waals surface area contributed by atoms with E-state index in [1.807, 2.05) is 26.1 Å². The van der Waals surface area contributed by atoms with Gasteiger partial charge < -0.3 is 13.8 Å². The lowest BCUT2D eigenvalue weighted by atomic mass is 10.3. The highest BCUT2D eigenvalue weighted by atomic mass is 31.2. The van der Waals surface area contributed by atoms with Gasteiger partial charge in [0.15, 0.2) is 18.6 Å². The predicted molar refractivity (Wildman–Crippen MR) is 102 cm³/mol. The van der Waals surface area contributed by atoms with Crippen molar-refractivity contribution in [1.82, 2.24) is 15.1 Å². The minimum Gasteiger partial charge on any atom is -0.309 e. The van der Waals surface area contributed by atoms with Crippen molar-refractivity contribution in [1.29, 1.82) is 0 Å². The second kappa shape index (κ2) is 12.4. The number of Topliss-reactive ketones (excluding diaryl/α,β-unsaturated/α-hetero) is 1. The number of hydrogen-bond acceptors (Lipinski definition) is 7. The van der Waals surface area contributed by atoms with Gasteiger partial charge in [0.25, 0.3) is 0 Å². The van der Waals surface area contributed by atoms with Gasteiger partial charge in [0, 0.05) is 30.4 Å². The van der Waals surface area contributed by atoms with Crippen LogP contribution < -0.4 is 4.68 Å². The number of carbonyl (C=O) groups excluding carboxylic acids is 1. The van der Waals surface area contributed by atoms with Gasteiger partial charge in [-0.3, -0.25) is 4.57 Å². The molecule has 2 heterocycles. The van der Waals surface area contributed by atoms with Crippen molar-refractivity contribution in [3.63, 3.8) is 0 Å². The molecule has 2 rings (SSSR count). The average Bonchev–Trinajstić information content (AvgIpc) is 2.63. The van der Waals surface area contributed by atoms with Gasteiger partial charge in [-0.1, -0.05) is 4.68 Å². The van der Waals surface area contributed by atoms with Crippen molar-refractivity contribution in [2.24, 2.45) is 0 Å². The van der Waals surface area contributed by atoms with Gasteiger partial charge in [-0.05, 0) is 38.9 Å². The molecular weight excluding hydrogens is 367 g/mol. The van der Waals surface area contributed by atoms with Crippen molar-refractivity contribution in [3.8, 4) is 11.4 Å². The Morgan fingerprint density at radius 1 is 1.15 bits per heavy atom. The second-order valence-electron chi connectivity index (χ2n) is 5.68. The normalized spacial score (nSPS) is 10.8. The molecule has 148 valence electrons. The van der Waals surface area contributed by atoms with Crippen molar-refractivity contribution in [2.75, 3.05) is 19.4 Å². The second-order valence-corrected chi connectivity index (χ2v) is 7.87. The first-order valence-corrected chi connectivity index (χ1v) is 10.6. The van der Waals surface area contributed by atoms with Crippen molar-refractivity contribution in [3.05, 3.63) is 36.9 Å². The van der Waals surface area contributed by atoms with E-state index in [1.54, 1.807) is 29.3 Å². The maximum atomic E-state index is 12.4. The molecule has 0 saturated carbocycles. The van der Waals surface area contributed by atoms with Crippen LogP contribution in [0, 0.1) is 0 Å². The van der Waals surface area contributed by atoms with E-state index in [1.165, 1.54) is 13.8 Å². The lowest BCUT2D eigenvalue weighted by Crippen LogP contribution is -2.37. The fourth-order valence-electron chi connectivity index (χ4n) is 2.08. The molecule has 0 aliphatic rings. The molecule has 2 aromatic rings. The minimum absolute atomic E-state index is 0.167. The number of carbonyl (C=O) groups is 1. The quantitative estimate of drug-likeness (QED) is 0.476. The minimum atomic E-state index is -2.97. The molecule has 27 heavy (non-hydrogen) atoms. The Hall–Kier alpha value is -2.02. The first kappa shape index (κ1) is 23.0. The van der Waals surface area contributed by atoms with Crippen LogP contribution in [0.5, 0.6) is 0 Å². The summed E-state index contributed by atoms with van der Waals surface area (Å²) in [6, 6.07) is 3.68. The van der Waals surface area contributed by atoms with Gasteiger partial charge in [-0.25, -0.2) is 9.97 Å². The van der Waals surface area contributed by atoms with Crippen molar-refractivity contribution in [2.45, 2.75) is 40.7 Å². The van der Waals surface area contributed by atoms with Crippen molar-refractivity contribution < 1.29 is 23.1 Å². The summed E-state index contributed by atoms with van der Waals surface area (Å²) in [5, 5.41) is 4.33. The Balaban J connectivity index is 0.000000828. The Morgan fingerprint density at radius 3 is 2.22 bits per heavy atom. The van der Waals surface area contributed by atoms with Gasteiger partial charge in [-0.2, -0.15) is 0 Å². The van der Waals surface area contributed by atoms with Crippen LogP contribution in [0.3, 0.4) is 0 Å². The van der Waals surface area contributed by atoms with Crippen LogP contribution in [-0.2, 0) is 25.0 Å². The van der Waals surface area contributed by atoms with Gasteiger partial charge in [0.2, 0.25) is 0 Å². The summed E-state index contributed by atoms with van der Waals surface area (Å²) in [5.74, 6) is 0.810. The molecule has 0 spiro atoms. The monoisotopic (exact) mass is 395 g/mol. The van der Waals surface area contributed by atoms with Crippen molar-refractivity contribution >= 4 is 13.4 Å². The van der Waals surface area contributed by atoms with E-state index in [9.17, 15) is 9.36 Å². The summed E-state index contributed by atoms with van der Waals surface area (Å²) in [7, 11) is -2.97. The third-order valence-electron chi connectivity index (χ3n) is 3.07.